The molecule has 1 amide bonds. The number of carbonyl (C=O) groups excluding carboxylic acids is 2. The summed E-state index contributed by atoms with van der Waals surface area (Å²) in [5.74, 6) is 0.847. The van der Waals surface area contributed by atoms with Gasteiger partial charge >= 0.3 is 5.91 Å². The van der Waals surface area contributed by atoms with Crippen LogP contribution in [0.15, 0.2) is 23.5 Å². The van der Waals surface area contributed by atoms with Crippen molar-refractivity contribution in [3.8, 4) is 11.5 Å². The zero-order valence-electron chi connectivity index (χ0n) is 16.5. The van der Waals surface area contributed by atoms with Crippen molar-refractivity contribution in [2.45, 2.75) is 40.0 Å². The molecular formula is C21H26NO5+. The Morgan fingerprint density at radius 1 is 1.15 bits per heavy atom. The van der Waals surface area contributed by atoms with Gasteiger partial charge in [-0.05, 0) is 23.1 Å². The van der Waals surface area contributed by atoms with Gasteiger partial charge in [-0.25, -0.2) is 4.79 Å². The van der Waals surface area contributed by atoms with E-state index in [1.807, 2.05) is 19.9 Å². The lowest BCUT2D eigenvalue weighted by Crippen LogP contribution is -2.39. The Kier molecular flexibility index (Phi) is 4.84. The lowest BCUT2D eigenvalue weighted by Gasteiger charge is -2.30. The van der Waals surface area contributed by atoms with Crippen LogP contribution in [0.1, 0.15) is 44.7 Å². The maximum absolute atomic E-state index is 12.9. The molecule has 1 aromatic rings. The van der Waals surface area contributed by atoms with Gasteiger partial charge in [-0.1, -0.05) is 13.8 Å². The first-order chi connectivity index (χ1) is 12.7. The van der Waals surface area contributed by atoms with Crippen molar-refractivity contribution >= 4 is 17.4 Å². The summed E-state index contributed by atoms with van der Waals surface area (Å²) in [6, 6.07) is 3.66. The van der Waals surface area contributed by atoms with Gasteiger partial charge in [-0.2, -0.15) is 4.58 Å². The van der Waals surface area contributed by atoms with Gasteiger partial charge in [0.05, 0.1) is 26.7 Å². The van der Waals surface area contributed by atoms with E-state index in [0.717, 1.165) is 11.1 Å². The van der Waals surface area contributed by atoms with E-state index in [0.29, 0.717) is 43.0 Å². The summed E-state index contributed by atoms with van der Waals surface area (Å²) in [5, 5.41) is 10.7. The van der Waals surface area contributed by atoms with E-state index in [1.54, 1.807) is 24.9 Å². The molecule has 144 valence electrons. The average molecular weight is 372 g/mol. The van der Waals surface area contributed by atoms with E-state index in [1.165, 1.54) is 6.92 Å². The fourth-order valence-electron chi connectivity index (χ4n) is 3.98. The highest BCUT2D eigenvalue weighted by atomic mass is 16.5. The molecule has 2 aliphatic rings. The number of Topliss-reactive ketones (excluding diaryl/α,β-unsaturated/α-hetero) is 1. The summed E-state index contributed by atoms with van der Waals surface area (Å²) >= 11 is 0. The molecule has 1 aliphatic heterocycles. The SMILES string of the molecule is COc1cc2c(cc1OC)C(C1=C(O)CC(C)(C)CC1=O)=[N+](C(C)=O)CC2. The highest BCUT2D eigenvalue weighted by Crippen LogP contribution is 2.39. The Morgan fingerprint density at radius 3 is 2.33 bits per heavy atom. The molecule has 1 aliphatic carbocycles. The molecule has 0 saturated carbocycles. The number of benzene rings is 1. The first kappa shape index (κ1) is 19.1. The Bertz CT molecular complexity index is 892. The highest BCUT2D eigenvalue weighted by molar-refractivity contribution is 6.28. The fraction of sp³-hybridized carbons (Fsp3) is 0.476. The minimum absolute atomic E-state index is 0.0418. The molecule has 0 bridgehead atoms. The maximum atomic E-state index is 12.9. The Balaban J connectivity index is 2.29. The van der Waals surface area contributed by atoms with Crippen LogP contribution in [0.3, 0.4) is 0 Å². The number of carbonyl (C=O) groups is 2. The first-order valence-electron chi connectivity index (χ1n) is 9.04. The number of aliphatic hydroxyl groups is 1. The van der Waals surface area contributed by atoms with Gasteiger partial charge in [0.25, 0.3) is 0 Å². The Hall–Kier alpha value is -2.63. The summed E-state index contributed by atoms with van der Waals surface area (Å²) in [7, 11) is 3.11. The molecule has 0 atom stereocenters. The van der Waals surface area contributed by atoms with Gasteiger partial charge in [0, 0.05) is 19.3 Å². The van der Waals surface area contributed by atoms with Crippen LogP contribution in [0.25, 0.3) is 0 Å². The van der Waals surface area contributed by atoms with Gasteiger partial charge in [0.15, 0.2) is 23.8 Å². The molecule has 27 heavy (non-hydrogen) atoms. The van der Waals surface area contributed by atoms with Crippen LogP contribution < -0.4 is 9.47 Å². The zero-order valence-corrected chi connectivity index (χ0v) is 16.5. The lowest BCUT2D eigenvalue weighted by molar-refractivity contribution is -0.447. The molecule has 1 N–H and O–H groups in total. The fourth-order valence-corrected chi connectivity index (χ4v) is 3.98. The highest BCUT2D eigenvalue weighted by Gasteiger charge is 2.42. The van der Waals surface area contributed by atoms with Crippen LogP contribution in [0.5, 0.6) is 11.5 Å². The maximum Gasteiger partial charge on any atom is 0.384 e. The number of hydrogen-bond donors (Lipinski definition) is 1. The smallest absolute Gasteiger partial charge is 0.384 e. The van der Waals surface area contributed by atoms with Crippen molar-refractivity contribution in [1.82, 2.24) is 0 Å². The number of nitrogens with zero attached hydrogens (tertiary/aromatic N) is 1. The van der Waals surface area contributed by atoms with E-state index >= 15 is 0 Å². The van der Waals surface area contributed by atoms with Crippen molar-refractivity contribution < 1.29 is 28.7 Å². The van der Waals surface area contributed by atoms with Crippen molar-refractivity contribution in [3.63, 3.8) is 0 Å². The van der Waals surface area contributed by atoms with Gasteiger partial charge in [-0.15, -0.1) is 0 Å². The molecule has 6 nitrogen and oxygen atoms in total. The van der Waals surface area contributed by atoms with Crippen LogP contribution in [0.4, 0.5) is 0 Å². The predicted molar refractivity (Wildman–Crippen MR) is 101 cm³/mol. The summed E-state index contributed by atoms with van der Waals surface area (Å²) in [5.41, 5.74) is 2.10. The number of aliphatic hydroxyl groups excluding tert-OH is 1. The summed E-state index contributed by atoms with van der Waals surface area (Å²) < 4.78 is 12.4. The molecule has 1 heterocycles. The van der Waals surface area contributed by atoms with Crippen LogP contribution in [0.2, 0.25) is 0 Å². The summed E-state index contributed by atoms with van der Waals surface area (Å²) in [6.45, 7) is 5.82. The van der Waals surface area contributed by atoms with Crippen molar-refractivity contribution in [2.75, 3.05) is 20.8 Å². The van der Waals surface area contributed by atoms with Crippen molar-refractivity contribution in [1.29, 1.82) is 0 Å². The van der Waals surface area contributed by atoms with Gasteiger partial charge < -0.3 is 14.6 Å². The number of fused-ring (bicyclic) bond motifs is 1. The molecule has 0 unspecified atom stereocenters. The van der Waals surface area contributed by atoms with E-state index < -0.39 is 0 Å². The quantitative estimate of drug-likeness (QED) is 0.826. The number of amides is 1. The predicted octanol–water partition coefficient (Wildman–Crippen LogP) is 2.81. The molecular weight excluding hydrogens is 346 g/mol. The normalized spacial score (nSPS) is 19.1. The van der Waals surface area contributed by atoms with Crippen LogP contribution in [-0.4, -0.2) is 47.8 Å². The number of ketones is 1. The van der Waals surface area contributed by atoms with Crippen LogP contribution >= 0.6 is 0 Å². The average Bonchev–Trinajstić information content (AvgIpc) is 2.58. The second-order valence-electron chi connectivity index (χ2n) is 7.90. The van der Waals surface area contributed by atoms with Crippen LogP contribution in [-0.2, 0) is 16.0 Å². The third-order valence-electron chi connectivity index (χ3n) is 5.21. The topological polar surface area (TPSA) is 75.8 Å². The minimum Gasteiger partial charge on any atom is -0.511 e. The molecule has 0 spiro atoms. The number of ether oxygens (including phenoxy) is 2. The van der Waals surface area contributed by atoms with E-state index in [4.69, 9.17) is 9.47 Å². The molecule has 1 aromatic carbocycles. The second kappa shape index (κ2) is 6.83. The minimum atomic E-state index is -0.304. The monoisotopic (exact) mass is 372 g/mol. The lowest BCUT2D eigenvalue weighted by atomic mass is 9.74. The third kappa shape index (κ3) is 3.36. The molecule has 0 saturated heterocycles. The zero-order chi connectivity index (χ0) is 19.9. The first-order valence-corrected chi connectivity index (χ1v) is 9.04. The molecule has 3 rings (SSSR count). The van der Waals surface area contributed by atoms with Gasteiger partial charge in [0.1, 0.15) is 11.3 Å². The molecule has 0 radical (unpaired) electrons. The van der Waals surface area contributed by atoms with Crippen molar-refractivity contribution in [3.05, 3.63) is 34.6 Å². The van der Waals surface area contributed by atoms with Crippen LogP contribution in [0, 0.1) is 5.41 Å². The molecule has 0 aromatic heterocycles. The second-order valence-corrected chi connectivity index (χ2v) is 7.90. The Morgan fingerprint density at radius 2 is 1.78 bits per heavy atom. The van der Waals surface area contributed by atoms with Crippen molar-refractivity contribution in [2.24, 2.45) is 5.41 Å². The van der Waals surface area contributed by atoms with E-state index in [2.05, 4.69) is 0 Å². The van der Waals surface area contributed by atoms with E-state index in [-0.39, 0.29) is 28.4 Å². The number of hydrogen-bond acceptors (Lipinski definition) is 5. The number of methoxy groups -OCH3 is 2. The molecule has 6 heteroatoms. The third-order valence-corrected chi connectivity index (χ3v) is 5.21. The number of allylic oxidation sites excluding steroid dienone is 2. The molecule has 0 fully saturated rings. The standard InChI is InChI=1S/C21H25NO5/c1-12(23)22-7-6-13-8-17(26-4)18(27-5)9-14(13)20(22)19-15(24)10-21(2,3)11-16(19)25/h8-9H,6-7,10-11H2,1-5H3/p+1. The summed E-state index contributed by atoms with van der Waals surface area (Å²) in [4.78, 5) is 25.3. The Labute approximate surface area is 159 Å². The summed E-state index contributed by atoms with van der Waals surface area (Å²) in [6.07, 6.45) is 1.35. The largest absolute Gasteiger partial charge is 0.511 e. The van der Waals surface area contributed by atoms with Gasteiger partial charge in [0.2, 0.25) is 5.71 Å². The van der Waals surface area contributed by atoms with E-state index in [9.17, 15) is 14.7 Å². The number of rotatable bonds is 3. The van der Waals surface area contributed by atoms with Gasteiger partial charge in [-0.3, -0.25) is 4.79 Å².